The minimum atomic E-state index is 0.752. The first kappa shape index (κ1) is 11.1. The summed E-state index contributed by atoms with van der Waals surface area (Å²) in [6, 6.07) is 2.05. The molecular weight excluding hydrogens is 268 g/mol. The van der Waals surface area contributed by atoms with Crippen molar-refractivity contribution in [2.24, 2.45) is 0 Å². The summed E-state index contributed by atoms with van der Waals surface area (Å²) in [6.45, 7) is 3.71. The minimum absolute atomic E-state index is 0.752. The van der Waals surface area contributed by atoms with Crippen LogP contribution >= 0.6 is 15.9 Å². The molecule has 4 nitrogen and oxygen atoms in total. The number of nitrogens with one attached hydrogen (secondary N) is 1. The largest absolute Gasteiger partial charge is 0.378 e. The molecule has 0 aliphatic carbocycles. The number of aromatic nitrogens is 3. The quantitative estimate of drug-likeness (QED) is 0.937. The third-order valence-corrected chi connectivity index (χ3v) is 2.65. The number of aryl methyl sites for hydroxylation is 1. The van der Waals surface area contributed by atoms with E-state index in [2.05, 4.69) is 38.3 Å². The topological polar surface area (TPSA) is 42.7 Å². The number of nitrogens with zero attached hydrogens (tertiary/aromatic N) is 3. The number of pyridine rings is 1. The predicted molar refractivity (Wildman–Crippen MR) is 67.2 cm³/mol. The molecule has 2 aromatic heterocycles. The molecule has 0 fully saturated rings. The van der Waals surface area contributed by atoms with Gasteiger partial charge in [-0.05, 0) is 34.5 Å². The fraction of sp³-hybridized carbons (Fsp3) is 0.273. The summed E-state index contributed by atoms with van der Waals surface area (Å²) in [5.41, 5.74) is 2.17. The van der Waals surface area contributed by atoms with Gasteiger partial charge in [0.15, 0.2) is 0 Å². The van der Waals surface area contributed by atoms with Crippen molar-refractivity contribution in [2.75, 3.05) is 5.32 Å². The van der Waals surface area contributed by atoms with E-state index < -0.39 is 0 Å². The summed E-state index contributed by atoms with van der Waals surface area (Å²) in [5.74, 6) is 0. The molecule has 1 N–H and O–H groups in total. The molecule has 16 heavy (non-hydrogen) atoms. The number of halogens is 1. The van der Waals surface area contributed by atoms with Gasteiger partial charge in [0.1, 0.15) is 0 Å². The lowest BCUT2D eigenvalue weighted by molar-refractivity contribution is 0.660. The molecule has 0 bridgehead atoms. The molecule has 0 aliphatic rings. The fourth-order valence-corrected chi connectivity index (χ4v) is 1.80. The zero-order valence-electron chi connectivity index (χ0n) is 9.02. The highest BCUT2D eigenvalue weighted by atomic mass is 79.9. The molecule has 2 rings (SSSR count). The van der Waals surface area contributed by atoms with Crippen molar-refractivity contribution in [3.8, 4) is 0 Å². The van der Waals surface area contributed by atoms with Crippen molar-refractivity contribution in [3.63, 3.8) is 0 Å². The predicted octanol–water partition coefficient (Wildman–Crippen LogP) is 2.67. The third kappa shape index (κ3) is 2.82. The number of hydrogen-bond donors (Lipinski definition) is 1. The average Bonchev–Trinajstić information content (AvgIpc) is 2.74. The van der Waals surface area contributed by atoms with Crippen LogP contribution in [0.25, 0.3) is 0 Å². The fourth-order valence-electron chi connectivity index (χ4n) is 1.38. The highest BCUT2D eigenvalue weighted by Crippen LogP contribution is 2.12. The summed E-state index contributed by atoms with van der Waals surface area (Å²) in [6.07, 6.45) is 7.45. The maximum Gasteiger partial charge on any atom is 0.0729 e. The lowest BCUT2D eigenvalue weighted by Gasteiger charge is -2.03. The van der Waals surface area contributed by atoms with Crippen LogP contribution in [0.4, 0.5) is 5.69 Å². The molecular formula is C11H13BrN4. The Morgan fingerprint density at radius 2 is 2.25 bits per heavy atom. The second kappa shape index (κ2) is 5.12. The van der Waals surface area contributed by atoms with Gasteiger partial charge in [-0.25, -0.2) is 0 Å². The van der Waals surface area contributed by atoms with Crippen molar-refractivity contribution in [1.82, 2.24) is 14.8 Å². The lowest BCUT2D eigenvalue weighted by atomic mass is 10.3. The van der Waals surface area contributed by atoms with Gasteiger partial charge in [-0.2, -0.15) is 5.10 Å². The molecule has 0 aliphatic heterocycles. The van der Waals surface area contributed by atoms with Crippen molar-refractivity contribution in [3.05, 3.63) is 40.9 Å². The van der Waals surface area contributed by atoms with Crippen LogP contribution in [-0.2, 0) is 13.1 Å². The van der Waals surface area contributed by atoms with Crippen LogP contribution in [0.5, 0.6) is 0 Å². The van der Waals surface area contributed by atoms with E-state index >= 15 is 0 Å². The molecule has 0 spiro atoms. The number of hydrogen-bond acceptors (Lipinski definition) is 3. The zero-order valence-corrected chi connectivity index (χ0v) is 10.6. The Bertz CT molecular complexity index is 467. The van der Waals surface area contributed by atoms with Gasteiger partial charge >= 0.3 is 0 Å². The van der Waals surface area contributed by atoms with Crippen LogP contribution in [-0.4, -0.2) is 14.8 Å². The Kier molecular flexibility index (Phi) is 3.56. The van der Waals surface area contributed by atoms with Gasteiger partial charge in [-0.3, -0.25) is 9.67 Å². The molecule has 0 amide bonds. The van der Waals surface area contributed by atoms with E-state index in [0.29, 0.717) is 0 Å². The van der Waals surface area contributed by atoms with Gasteiger partial charge in [-0.15, -0.1) is 0 Å². The Morgan fingerprint density at radius 3 is 2.94 bits per heavy atom. The van der Waals surface area contributed by atoms with Gasteiger partial charge in [-0.1, -0.05) is 0 Å². The summed E-state index contributed by atoms with van der Waals surface area (Å²) >= 11 is 3.40. The van der Waals surface area contributed by atoms with E-state index in [1.807, 2.05) is 29.3 Å². The van der Waals surface area contributed by atoms with Gasteiger partial charge in [0, 0.05) is 36.2 Å². The summed E-state index contributed by atoms with van der Waals surface area (Å²) in [5, 5.41) is 7.49. The molecule has 84 valence electrons. The Hall–Kier alpha value is -1.36. The van der Waals surface area contributed by atoms with Crippen molar-refractivity contribution >= 4 is 21.6 Å². The summed E-state index contributed by atoms with van der Waals surface area (Å²) in [4.78, 5) is 4.11. The van der Waals surface area contributed by atoms with Crippen LogP contribution in [0.15, 0.2) is 35.3 Å². The van der Waals surface area contributed by atoms with E-state index in [4.69, 9.17) is 0 Å². The van der Waals surface area contributed by atoms with Gasteiger partial charge in [0.25, 0.3) is 0 Å². The second-order valence-electron chi connectivity index (χ2n) is 3.45. The van der Waals surface area contributed by atoms with E-state index in [9.17, 15) is 0 Å². The molecule has 5 heteroatoms. The molecule has 0 saturated carbocycles. The maximum absolute atomic E-state index is 4.19. The highest BCUT2D eigenvalue weighted by molar-refractivity contribution is 9.10. The molecule has 0 atom stereocenters. The first-order valence-electron chi connectivity index (χ1n) is 5.13. The molecule has 0 radical (unpaired) electrons. The summed E-state index contributed by atoms with van der Waals surface area (Å²) < 4.78 is 2.89. The SMILES string of the molecule is CCn1cc(NCc2cncc(Br)c2)cn1. The van der Waals surface area contributed by atoms with Crippen molar-refractivity contribution < 1.29 is 0 Å². The van der Waals surface area contributed by atoms with E-state index in [-0.39, 0.29) is 0 Å². The monoisotopic (exact) mass is 280 g/mol. The van der Waals surface area contributed by atoms with Crippen LogP contribution in [0.2, 0.25) is 0 Å². The Morgan fingerprint density at radius 1 is 1.38 bits per heavy atom. The average molecular weight is 281 g/mol. The summed E-state index contributed by atoms with van der Waals surface area (Å²) in [7, 11) is 0. The van der Waals surface area contributed by atoms with Gasteiger partial charge in [0.05, 0.1) is 11.9 Å². The minimum Gasteiger partial charge on any atom is -0.378 e. The second-order valence-corrected chi connectivity index (χ2v) is 4.37. The molecule has 0 aromatic carbocycles. The van der Waals surface area contributed by atoms with Crippen LogP contribution in [0.1, 0.15) is 12.5 Å². The van der Waals surface area contributed by atoms with Crippen LogP contribution in [0.3, 0.4) is 0 Å². The van der Waals surface area contributed by atoms with E-state index in [1.165, 1.54) is 0 Å². The van der Waals surface area contributed by atoms with Crippen LogP contribution < -0.4 is 5.32 Å². The van der Waals surface area contributed by atoms with E-state index in [1.54, 1.807) is 6.20 Å². The molecule has 2 heterocycles. The third-order valence-electron chi connectivity index (χ3n) is 2.22. The molecule has 0 saturated heterocycles. The normalized spacial score (nSPS) is 10.4. The van der Waals surface area contributed by atoms with Crippen molar-refractivity contribution in [1.29, 1.82) is 0 Å². The lowest BCUT2D eigenvalue weighted by Crippen LogP contribution is -1.99. The first-order valence-corrected chi connectivity index (χ1v) is 5.93. The standard InChI is InChI=1S/C11H13BrN4/c1-2-16-8-11(7-15-16)14-5-9-3-10(12)6-13-4-9/h3-4,6-8,14H,2,5H2,1H3. The highest BCUT2D eigenvalue weighted by Gasteiger charge is 1.98. The van der Waals surface area contributed by atoms with Crippen molar-refractivity contribution in [2.45, 2.75) is 20.0 Å². The Labute approximate surface area is 103 Å². The number of rotatable bonds is 4. The van der Waals surface area contributed by atoms with Gasteiger partial charge < -0.3 is 5.32 Å². The number of anilines is 1. The maximum atomic E-state index is 4.19. The smallest absolute Gasteiger partial charge is 0.0729 e. The van der Waals surface area contributed by atoms with Crippen LogP contribution in [0, 0.1) is 0 Å². The van der Waals surface area contributed by atoms with Gasteiger partial charge in [0.2, 0.25) is 0 Å². The first-order chi connectivity index (χ1) is 7.78. The molecule has 0 unspecified atom stereocenters. The molecule has 2 aromatic rings. The zero-order chi connectivity index (χ0) is 11.4. The Balaban J connectivity index is 1.96. The van der Waals surface area contributed by atoms with E-state index in [0.717, 1.165) is 28.8 Å².